The van der Waals surface area contributed by atoms with Gasteiger partial charge in [0, 0.05) is 7.05 Å². The molecular formula is C17H32N2. The highest BCUT2D eigenvalue weighted by molar-refractivity contribution is 6.40. The predicted octanol–water partition coefficient (Wildman–Crippen LogP) is 4.63. The van der Waals surface area contributed by atoms with Crippen molar-refractivity contribution >= 4 is 11.4 Å². The Kier molecular flexibility index (Phi) is 6.22. The zero-order valence-electron chi connectivity index (χ0n) is 13.9. The fourth-order valence-corrected chi connectivity index (χ4v) is 3.37. The Morgan fingerprint density at radius 1 is 0.895 bits per heavy atom. The summed E-state index contributed by atoms with van der Waals surface area (Å²) in [4.78, 5) is 9.38. The molecule has 0 N–H and O–H groups in total. The molecule has 0 saturated heterocycles. The van der Waals surface area contributed by atoms with Crippen LogP contribution < -0.4 is 0 Å². The monoisotopic (exact) mass is 264 g/mol. The van der Waals surface area contributed by atoms with E-state index in [0.717, 1.165) is 35.1 Å². The molecule has 2 heteroatoms. The second-order valence-electron chi connectivity index (χ2n) is 6.76. The van der Waals surface area contributed by atoms with Crippen LogP contribution in [-0.2, 0) is 0 Å². The summed E-state index contributed by atoms with van der Waals surface area (Å²) in [6, 6.07) is 0.491. The van der Waals surface area contributed by atoms with E-state index < -0.39 is 0 Å². The minimum atomic E-state index is 0.491. The molecule has 2 atom stereocenters. The van der Waals surface area contributed by atoms with Crippen LogP contribution in [0.15, 0.2) is 9.98 Å². The largest absolute Gasteiger partial charge is 0.292 e. The summed E-state index contributed by atoms with van der Waals surface area (Å²) in [6.07, 6.45) is 4.05. The third-order valence-corrected chi connectivity index (χ3v) is 4.87. The third-order valence-electron chi connectivity index (χ3n) is 4.87. The average Bonchev–Trinajstić information content (AvgIpc) is 2.37. The van der Waals surface area contributed by atoms with E-state index in [0.29, 0.717) is 6.04 Å². The first-order chi connectivity index (χ1) is 8.88. The van der Waals surface area contributed by atoms with Crippen molar-refractivity contribution in [3.05, 3.63) is 0 Å². The van der Waals surface area contributed by atoms with Gasteiger partial charge in [-0.15, -0.1) is 0 Å². The van der Waals surface area contributed by atoms with Gasteiger partial charge in [0.05, 0.1) is 17.5 Å². The quantitative estimate of drug-likeness (QED) is 0.661. The molecule has 1 fully saturated rings. The molecule has 0 aromatic carbocycles. The van der Waals surface area contributed by atoms with Crippen LogP contribution in [-0.4, -0.2) is 24.5 Å². The Bertz CT molecular complexity index is 323. The summed E-state index contributed by atoms with van der Waals surface area (Å²) < 4.78 is 0. The second kappa shape index (κ2) is 7.21. The third kappa shape index (κ3) is 4.15. The summed E-state index contributed by atoms with van der Waals surface area (Å²) in [6.45, 7) is 13.6. The first-order valence-electron chi connectivity index (χ1n) is 7.86. The van der Waals surface area contributed by atoms with Gasteiger partial charge in [-0.3, -0.25) is 9.98 Å². The summed E-state index contributed by atoms with van der Waals surface area (Å²) in [7, 11) is 1.86. The number of aliphatic imine (C=N–C) groups is 2. The number of rotatable bonds is 4. The van der Waals surface area contributed by atoms with E-state index in [1.807, 2.05) is 7.05 Å². The van der Waals surface area contributed by atoms with Crippen LogP contribution in [0, 0.1) is 23.7 Å². The van der Waals surface area contributed by atoms with Crippen LogP contribution in [0.1, 0.15) is 60.8 Å². The molecule has 0 aromatic heterocycles. The predicted molar refractivity (Wildman–Crippen MR) is 86.4 cm³/mol. The van der Waals surface area contributed by atoms with Crippen LogP contribution in [0.4, 0.5) is 0 Å². The Balaban J connectivity index is 3.04. The van der Waals surface area contributed by atoms with Gasteiger partial charge >= 0.3 is 0 Å². The van der Waals surface area contributed by atoms with Gasteiger partial charge in [-0.25, -0.2) is 0 Å². The van der Waals surface area contributed by atoms with Crippen LogP contribution in [0.25, 0.3) is 0 Å². The molecule has 0 amide bonds. The molecule has 0 radical (unpaired) electrons. The number of nitrogens with zero attached hydrogens (tertiary/aromatic N) is 2. The van der Waals surface area contributed by atoms with E-state index in [4.69, 9.17) is 4.99 Å². The Labute approximate surface area is 119 Å². The summed E-state index contributed by atoms with van der Waals surface area (Å²) in [5.74, 6) is 2.92. The molecule has 110 valence electrons. The standard InChI is InChI=1S/C17H32N2/c1-11(2)15-9-8-10-16(12(3)4)17(15)19-14(6)13(5)18-7/h11-12,15-17H,8-10H2,1-7H3. The zero-order valence-corrected chi connectivity index (χ0v) is 13.9. The first kappa shape index (κ1) is 16.4. The van der Waals surface area contributed by atoms with Crippen molar-refractivity contribution < 1.29 is 0 Å². The Morgan fingerprint density at radius 3 is 1.74 bits per heavy atom. The smallest absolute Gasteiger partial charge is 0.0564 e. The number of hydrogen-bond donors (Lipinski definition) is 0. The molecule has 2 nitrogen and oxygen atoms in total. The number of hydrogen-bond acceptors (Lipinski definition) is 2. The zero-order chi connectivity index (χ0) is 14.6. The van der Waals surface area contributed by atoms with Crippen molar-refractivity contribution in [3.63, 3.8) is 0 Å². The molecule has 0 spiro atoms. The lowest BCUT2D eigenvalue weighted by atomic mass is 9.69. The van der Waals surface area contributed by atoms with Crippen molar-refractivity contribution in [1.82, 2.24) is 0 Å². The second-order valence-corrected chi connectivity index (χ2v) is 6.76. The van der Waals surface area contributed by atoms with Gasteiger partial charge in [0.25, 0.3) is 0 Å². The first-order valence-corrected chi connectivity index (χ1v) is 7.86. The van der Waals surface area contributed by atoms with Gasteiger partial charge < -0.3 is 0 Å². The normalized spacial score (nSPS) is 30.3. The Hall–Kier alpha value is -0.660. The minimum Gasteiger partial charge on any atom is -0.292 e. The Morgan fingerprint density at radius 2 is 1.37 bits per heavy atom. The topological polar surface area (TPSA) is 24.7 Å². The van der Waals surface area contributed by atoms with Crippen molar-refractivity contribution in [1.29, 1.82) is 0 Å². The van der Waals surface area contributed by atoms with E-state index in [2.05, 4.69) is 46.5 Å². The summed E-state index contributed by atoms with van der Waals surface area (Å²) >= 11 is 0. The van der Waals surface area contributed by atoms with Crippen LogP contribution in [0.2, 0.25) is 0 Å². The van der Waals surface area contributed by atoms with Crippen LogP contribution >= 0.6 is 0 Å². The fourth-order valence-electron chi connectivity index (χ4n) is 3.37. The van der Waals surface area contributed by atoms with Crippen LogP contribution in [0.5, 0.6) is 0 Å². The highest BCUT2D eigenvalue weighted by Crippen LogP contribution is 2.39. The summed E-state index contributed by atoms with van der Waals surface area (Å²) in [5.41, 5.74) is 2.21. The van der Waals surface area contributed by atoms with E-state index in [9.17, 15) is 0 Å². The van der Waals surface area contributed by atoms with Gasteiger partial charge in [-0.2, -0.15) is 0 Å². The molecule has 2 unspecified atom stereocenters. The molecule has 0 bridgehead atoms. The van der Waals surface area contributed by atoms with Gasteiger partial charge in [0.2, 0.25) is 0 Å². The maximum Gasteiger partial charge on any atom is 0.0564 e. The highest BCUT2D eigenvalue weighted by Gasteiger charge is 2.36. The molecule has 19 heavy (non-hydrogen) atoms. The molecule has 0 aromatic rings. The van der Waals surface area contributed by atoms with E-state index in [1.54, 1.807) is 0 Å². The highest BCUT2D eigenvalue weighted by atomic mass is 14.9. The van der Waals surface area contributed by atoms with Crippen LogP contribution in [0.3, 0.4) is 0 Å². The fraction of sp³-hybridized carbons (Fsp3) is 0.882. The lowest BCUT2D eigenvalue weighted by molar-refractivity contribution is 0.143. The molecule has 1 aliphatic rings. The van der Waals surface area contributed by atoms with Crippen molar-refractivity contribution in [2.45, 2.75) is 66.8 Å². The maximum absolute atomic E-state index is 5.10. The minimum absolute atomic E-state index is 0.491. The average molecular weight is 264 g/mol. The molecule has 0 heterocycles. The summed E-state index contributed by atoms with van der Waals surface area (Å²) in [5, 5.41) is 0. The molecule has 1 saturated carbocycles. The molecular weight excluding hydrogens is 232 g/mol. The van der Waals surface area contributed by atoms with Crippen molar-refractivity contribution in [3.8, 4) is 0 Å². The maximum atomic E-state index is 5.10. The molecule has 1 rings (SSSR count). The van der Waals surface area contributed by atoms with Gasteiger partial charge in [-0.1, -0.05) is 34.1 Å². The molecule has 1 aliphatic carbocycles. The van der Waals surface area contributed by atoms with E-state index in [-0.39, 0.29) is 0 Å². The van der Waals surface area contributed by atoms with Crippen molar-refractivity contribution in [2.24, 2.45) is 33.7 Å². The SMILES string of the molecule is CN=C(C)C(C)=NC1C(C(C)C)CCCC1C(C)C. The molecule has 0 aliphatic heterocycles. The van der Waals surface area contributed by atoms with E-state index >= 15 is 0 Å². The van der Waals surface area contributed by atoms with E-state index in [1.165, 1.54) is 19.3 Å². The van der Waals surface area contributed by atoms with Gasteiger partial charge in [0.1, 0.15) is 0 Å². The lowest BCUT2D eigenvalue weighted by Crippen LogP contribution is -2.38. The van der Waals surface area contributed by atoms with Gasteiger partial charge in [-0.05, 0) is 50.4 Å². The lowest BCUT2D eigenvalue weighted by Gasteiger charge is -2.40. The van der Waals surface area contributed by atoms with Crippen molar-refractivity contribution in [2.75, 3.05) is 7.05 Å². The van der Waals surface area contributed by atoms with Gasteiger partial charge in [0.15, 0.2) is 0 Å².